The lowest BCUT2D eigenvalue weighted by Gasteiger charge is -2.10. The molecule has 0 bridgehead atoms. The van der Waals surface area contributed by atoms with E-state index in [1.165, 1.54) is 0 Å². The van der Waals surface area contributed by atoms with Gasteiger partial charge in [0.1, 0.15) is 17.5 Å². The summed E-state index contributed by atoms with van der Waals surface area (Å²) in [5.74, 6) is -0.493. The van der Waals surface area contributed by atoms with E-state index < -0.39 is 11.6 Å². The van der Waals surface area contributed by atoms with Crippen LogP contribution in [0.25, 0.3) is 5.82 Å². The van der Waals surface area contributed by atoms with Gasteiger partial charge < -0.3 is 11.1 Å². The molecule has 2 heterocycles. The van der Waals surface area contributed by atoms with Gasteiger partial charge in [-0.05, 0) is 32.0 Å². The second-order valence-corrected chi connectivity index (χ2v) is 5.06. The van der Waals surface area contributed by atoms with Gasteiger partial charge in [0, 0.05) is 17.8 Å². The van der Waals surface area contributed by atoms with Crippen LogP contribution in [0.5, 0.6) is 0 Å². The summed E-state index contributed by atoms with van der Waals surface area (Å²) in [7, 11) is 0. The highest BCUT2D eigenvalue weighted by molar-refractivity contribution is 5.59. The van der Waals surface area contributed by atoms with Gasteiger partial charge in [0.2, 0.25) is 5.95 Å². The maximum absolute atomic E-state index is 13.7. The summed E-state index contributed by atoms with van der Waals surface area (Å²) < 4.78 is 28.6. The number of aryl methyl sites for hydroxylation is 2. The van der Waals surface area contributed by atoms with Gasteiger partial charge in [0.05, 0.1) is 11.4 Å². The Morgan fingerprint density at radius 1 is 1.09 bits per heavy atom. The summed E-state index contributed by atoms with van der Waals surface area (Å²) in [5.41, 5.74) is 7.35. The Bertz CT molecular complexity index is 874. The molecule has 0 saturated carbocycles. The zero-order valence-electron chi connectivity index (χ0n) is 12.5. The minimum Gasteiger partial charge on any atom is -0.368 e. The highest BCUT2D eigenvalue weighted by atomic mass is 19.1. The van der Waals surface area contributed by atoms with E-state index in [-0.39, 0.29) is 17.5 Å². The van der Waals surface area contributed by atoms with E-state index in [1.54, 1.807) is 10.7 Å². The standard InChI is InChI=1S/C15H14F2N6/c1-8-5-9(2)23(22-8)14-7-13(20-15(18)21-14)19-12-6-10(16)3-4-11(12)17/h3-7H,1-2H3,(H3,18,19,20,21). The third kappa shape index (κ3) is 3.10. The summed E-state index contributed by atoms with van der Waals surface area (Å²) in [4.78, 5) is 8.11. The van der Waals surface area contributed by atoms with E-state index in [9.17, 15) is 8.78 Å². The van der Waals surface area contributed by atoms with Gasteiger partial charge in [0.15, 0.2) is 5.82 Å². The van der Waals surface area contributed by atoms with Gasteiger partial charge in [-0.3, -0.25) is 0 Å². The normalized spacial score (nSPS) is 10.8. The average molecular weight is 316 g/mol. The molecular formula is C15H14F2N6. The van der Waals surface area contributed by atoms with Crippen molar-refractivity contribution in [3.63, 3.8) is 0 Å². The van der Waals surface area contributed by atoms with Crippen LogP contribution >= 0.6 is 0 Å². The molecule has 3 rings (SSSR count). The molecular weight excluding hydrogens is 302 g/mol. The maximum atomic E-state index is 13.7. The Balaban J connectivity index is 2.01. The van der Waals surface area contributed by atoms with E-state index in [0.717, 1.165) is 29.6 Å². The van der Waals surface area contributed by atoms with Crippen LogP contribution in [0, 0.1) is 25.5 Å². The molecule has 0 radical (unpaired) electrons. The minimum atomic E-state index is -0.601. The van der Waals surface area contributed by atoms with Crippen molar-refractivity contribution in [1.29, 1.82) is 0 Å². The Labute approximate surface area is 131 Å². The summed E-state index contributed by atoms with van der Waals surface area (Å²) in [6.07, 6.45) is 0. The van der Waals surface area contributed by atoms with Crippen molar-refractivity contribution in [2.75, 3.05) is 11.1 Å². The van der Waals surface area contributed by atoms with E-state index >= 15 is 0 Å². The molecule has 0 spiro atoms. The Hall–Kier alpha value is -3.03. The van der Waals surface area contributed by atoms with Gasteiger partial charge in [-0.1, -0.05) is 0 Å². The molecule has 3 aromatic rings. The quantitative estimate of drug-likeness (QED) is 0.776. The van der Waals surface area contributed by atoms with Crippen molar-refractivity contribution in [2.45, 2.75) is 13.8 Å². The van der Waals surface area contributed by atoms with Crippen molar-refractivity contribution >= 4 is 17.5 Å². The first-order chi connectivity index (χ1) is 10.9. The number of nitrogens with two attached hydrogens (primary N) is 1. The van der Waals surface area contributed by atoms with Crippen molar-refractivity contribution in [2.24, 2.45) is 0 Å². The van der Waals surface area contributed by atoms with Crippen molar-refractivity contribution in [3.8, 4) is 5.82 Å². The minimum absolute atomic E-state index is 0.00522. The first-order valence-corrected chi connectivity index (χ1v) is 6.82. The maximum Gasteiger partial charge on any atom is 0.224 e. The summed E-state index contributed by atoms with van der Waals surface area (Å²) in [6.45, 7) is 3.73. The molecule has 0 aliphatic carbocycles. The highest BCUT2D eigenvalue weighted by Crippen LogP contribution is 2.22. The number of halogens is 2. The van der Waals surface area contributed by atoms with Crippen LogP contribution < -0.4 is 11.1 Å². The highest BCUT2D eigenvalue weighted by Gasteiger charge is 2.11. The monoisotopic (exact) mass is 316 g/mol. The third-order valence-corrected chi connectivity index (χ3v) is 3.15. The molecule has 23 heavy (non-hydrogen) atoms. The number of anilines is 3. The topological polar surface area (TPSA) is 81.7 Å². The van der Waals surface area contributed by atoms with Gasteiger partial charge in [-0.2, -0.15) is 15.1 Å². The predicted octanol–water partition coefficient (Wildman–Crippen LogP) is 2.88. The fraction of sp³-hybridized carbons (Fsp3) is 0.133. The number of nitrogens with one attached hydrogen (secondary N) is 1. The molecule has 118 valence electrons. The van der Waals surface area contributed by atoms with Gasteiger partial charge in [-0.25, -0.2) is 13.5 Å². The fourth-order valence-corrected chi connectivity index (χ4v) is 2.22. The van der Waals surface area contributed by atoms with Gasteiger partial charge in [-0.15, -0.1) is 0 Å². The number of aromatic nitrogens is 4. The fourth-order valence-electron chi connectivity index (χ4n) is 2.22. The van der Waals surface area contributed by atoms with E-state index in [0.29, 0.717) is 5.82 Å². The lowest BCUT2D eigenvalue weighted by molar-refractivity contribution is 0.603. The molecule has 0 aliphatic rings. The second-order valence-electron chi connectivity index (χ2n) is 5.06. The number of nitrogens with zero attached hydrogens (tertiary/aromatic N) is 4. The summed E-state index contributed by atoms with van der Waals surface area (Å²) in [6, 6.07) is 6.55. The molecule has 6 nitrogen and oxygen atoms in total. The van der Waals surface area contributed by atoms with Crippen LogP contribution in [0.3, 0.4) is 0 Å². The largest absolute Gasteiger partial charge is 0.368 e. The molecule has 0 amide bonds. The van der Waals surface area contributed by atoms with E-state index in [2.05, 4.69) is 20.4 Å². The molecule has 2 aromatic heterocycles. The number of benzene rings is 1. The third-order valence-electron chi connectivity index (χ3n) is 3.15. The molecule has 0 unspecified atom stereocenters. The van der Waals surface area contributed by atoms with Crippen LogP contribution in [0.1, 0.15) is 11.4 Å². The van der Waals surface area contributed by atoms with Crippen molar-refractivity contribution in [1.82, 2.24) is 19.7 Å². The molecule has 3 N–H and O–H groups in total. The van der Waals surface area contributed by atoms with Crippen LogP contribution in [-0.4, -0.2) is 19.7 Å². The molecule has 1 aromatic carbocycles. The van der Waals surface area contributed by atoms with Gasteiger partial charge in [0.25, 0.3) is 0 Å². The molecule has 0 saturated heterocycles. The second kappa shape index (κ2) is 5.64. The Kier molecular flexibility index (Phi) is 3.65. The smallest absolute Gasteiger partial charge is 0.224 e. The predicted molar refractivity (Wildman–Crippen MR) is 82.7 cm³/mol. The lowest BCUT2D eigenvalue weighted by atomic mass is 10.3. The number of rotatable bonds is 3. The Morgan fingerprint density at radius 2 is 1.87 bits per heavy atom. The van der Waals surface area contributed by atoms with Crippen molar-refractivity contribution in [3.05, 3.63) is 53.4 Å². The average Bonchev–Trinajstić information content (AvgIpc) is 2.81. The lowest BCUT2D eigenvalue weighted by Crippen LogP contribution is -2.08. The van der Waals surface area contributed by atoms with Crippen molar-refractivity contribution < 1.29 is 8.78 Å². The van der Waals surface area contributed by atoms with Gasteiger partial charge >= 0.3 is 0 Å². The van der Waals surface area contributed by atoms with Crippen LogP contribution in [0.15, 0.2) is 30.3 Å². The molecule has 0 fully saturated rings. The summed E-state index contributed by atoms with van der Waals surface area (Å²) in [5, 5.41) is 7.01. The first kappa shape index (κ1) is 14.9. The molecule has 0 aliphatic heterocycles. The number of hydrogen-bond donors (Lipinski definition) is 2. The van der Waals surface area contributed by atoms with E-state index in [1.807, 2.05) is 19.9 Å². The first-order valence-electron chi connectivity index (χ1n) is 6.82. The number of hydrogen-bond acceptors (Lipinski definition) is 5. The SMILES string of the molecule is Cc1cc(C)n(-c2cc(Nc3cc(F)ccc3F)nc(N)n2)n1. The number of nitrogen functional groups attached to an aromatic ring is 1. The van der Waals surface area contributed by atoms with Crippen LogP contribution in [0.4, 0.5) is 26.2 Å². The zero-order chi connectivity index (χ0) is 16.6. The molecule has 0 atom stereocenters. The van der Waals surface area contributed by atoms with E-state index in [4.69, 9.17) is 5.73 Å². The van der Waals surface area contributed by atoms with Crippen LogP contribution in [-0.2, 0) is 0 Å². The zero-order valence-corrected chi connectivity index (χ0v) is 12.5. The molecule has 8 heteroatoms. The Morgan fingerprint density at radius 3 is 2.57 bits per heavy atom. The summed E-state index contributed by atoms with van der Waals surface area (Å²) >= 11 is 0. The van der Waals surface area contributed by atoms with Crippen LogP contribution in [0.2, 0.25) is 0 Å².